The zero-order chi connectivity index (χ0) is 23.2. The Hall–Kier alpha value is -2.72. The number of carbonyl (C=O) groups is 2. The van der Waals surface area contributed by atoms with E-state index in [1.54, 1.807) is 34.6 Å². The maximum atomic E-state index is 13.1. The molecule has 0 radical (unpaired) electrons. The van der Waals surface area contributed by atoms with Crippen LogP contribution in [0.3, 0.4) is 0 Å². The van der Waals surface area contributed by atoms with E-state index < -0.39 is 0 Å². The van der Waals surface area contributed by atoms with Gasteiger partial charge in [-0.1, -0.05) is 0 Å². The number of aromatic nitrogens is 2. The molecule has 10 heteroatoms. The molecule has 1 aromatic carbocycles. The SMILES string of the molecule is CCOc1ccc(C(=O)Nc2c3c(nn2CC(=O)NCC2CCCO2)CSC3)cc1OCC. The molecule has 2 aromatic rings. The first-order valence-corrected chi connectivity index (χ1v) is 12.5. The fourth-order valence-electron chi connectivity index (χ4n) is 3.92. The van der Waals surface area contributed by atoms with Gasteiger partial charge in [0.05, 0.1) is 25.0 Å². The molecule has 1 fully saturated rings. The van der Waals surface area contributed by atoms with Crippen LogP contribution in [0.25, 0.3) is 0 Å². The summed E-state index contributed by atoms with van der Waals surface area (Å²) in [5.74, 6) is 2.75. The highest BCUT2D eigenvalue weighted by molar-refractivity contribution is 7.98. The second-order valence-corrected chi connectivity index (χ2v) is 8.83. The number of ether oxygens (including phenoxy) is 3. The standard InChI is InChI=1S/C23H30N4O5S/c1-3-30-19-8-7-15(10-20(19)31-4-2)23(29)25-22-17-13-33-14-18(17)26-27(22)12-21(28)24-11-16-6-5-9-32-16/h7-8,10,16H,3-6,9,11-14H2,1-2H3,(H,24,28)(H,25,29). The summed E-state index contributed by atoms with van der Waals surface area (Å²) < 4.78 is 18.4. The topological polar surface area (TPSA) is 104 Å². The molecule has 0 saturated carbocycles. The van der Waals surface area contributed by atoms with Gasteiger partial charge in [0.15, 0.2) is 11.5 Å². The van der Waals surface area contributed by atoms with Crippen LogP contribution in [-0.2, 0) is 27.6 Å². The molecule has 9 nitrogen and oxygen atoms in total. The number of anilines is 1. The quantitative estimate of drug-likeness (QED) is 0.546. The summed E-state index contributed by atoms with van der Waals surface area (Å²) >= 11 is 1.74. The Morgan fingerprint density at radius 2 is 2.03 bits per heavy atom. The fraction of sp³-hybridized carbons (Fsp3) is 0.522. The van der Waals surface area contributed by atoms with Crippen LogP contribution in [0, 0.1) is 0 Å². The van der Waals surface area contributed by atoms with Crippen LogP contribution < -0.4 is 20.1 Å². The highest BCUT2D eigenvalue weighted by Gasteiger charge is 2.26. The first-order valence-electron chi connectivity index (χ1n) is 11.3. The van der Waals surface area contributed by atoms with Crippen molar-refractivity contribution in [1.82, 2.24) is 15.1 Å². The number of thioether (sulfide) groups is 1. The normalized spacial score (nSPS) is 17.0. The molecule has 2 aliphatic heterocycles. The van der Waals surface area contributed by atoms with Crippen molar-refractivity contribution in [3.63, 3.8) is 0 Å². The number of nitrogens with zero attached hydrogens (tertiary/aromatic N) is 2. The van der Waals surface area contributed by atoms with Crippen LogP contribution in [0.1, 0.15) is 48.3 Å². The van der Waals surface area contributed by atoms with Crippen molar-refractivity contribution in [2.45, 2.75) is 50.8 Å². The third-order valence-electron chi connectivity index (χ3n) is 5.50. The van der Waals surface area contributed by atoms with Crippen molar-refractivity contribution in [3.8, 4) is 11.5 Å². The monoisotopic (exact) mass is 474 g/mol. The zero-order valence-electron chi connectivity index (χ0n) is 19.0. The van der Waals surface area contributed by atoms with Crippen LogP contribution in [0.4, 0.5) is 5.82 Å². The predicted molar refractivity (Wildman–Crippen MR) is 126 cm³/mol. The molecule has 2 aliphatic rings. The Labute approximate surface area is 197 Å². The Kier molecular flexibility index (Phi) is 7.77. The van der Waals surface area contributed by atoms with Crippen LogP contribution in [0.2, 0.25) is 0 Å². The zero-order valence-corrected chi connectivity index (χ0v) is 19.8. The van der Waals surface area contributed by atoms with E-state index in [2.05, 4.69) is 15.7 Å². The molecule has 1 aromatic heterocycles. The lowest BCUT2D eigenvalue weighted by Gasteiger charge is -2.14. The molecule has 3 heterocycles. The molecule has 178 valence electrons. The first-order chi connectivity index (χ1) is 16.1. The number of amides is 2. The van der Waals surface area contributed by atoms with Crippen molar-refractivity contribution in [2.24, 2.45) is 0 Å². The van der Waals surface area contributed by atoms with Crippen molar-refractivity contribution in [1.29, 1.82) is 0 Å². The van der Waals surface area contributed by atoms with Crippen LogP contribution in [-0.4, -0.2) is 54.1 Å². The third kappa shape index (κ3) is 5.62. The maximum absolute atomic E-state index is 13.1. The van der Waals surface area contributed by atoms with E-state index in [-0.39, 0.29) is 24.5 Å². The van der Waals surface area contributed by atoms with Crippen molar-refractivity contribution in [3.05, 3.63) is 35.0 Å². The van der Waals surface area contributed by atoms with E-state index >= 15 is 0 Å². The highest BCUT2D eigenvalue weighted by atomic mass is 32.2. The summed E-state index contributed by atoms with van der Waals surface area (Å²) in [6.07, 6.45) is 2.06. The van der Waals surface area contributed by atoms with Crippen LogP contribution in [0.5, 0.6) is 11.5 Å². The van der Waals surface area contributed by atoms with Crippen LogP contribution >= 0.6 is 11.8 Å². The smallest absolute Gasteiger partial charge is 0.256 e. The summed E-state index contributed by atoms with van der Waals surface area (Å²) in [5, 5.41) is 10.5. The second kappa shape index (κ2) is 10.9. The van der Waals surface area contributed by atoms with Crippen molar-refractivity contribution < 1.29 is 23.8 Å². The van der Waals surface area contributed by atoms with E-state index in [0.29, 0.717) is 42.6 Å². The summed E-state index contributed by atoms with van der Waals surface area (Å²) in [6.45, 7) is 6.01. The van der Waals surface area contributed by atoms with E-state index in [0.717, 1.165) is 42.2 Å². The van der Waals surface area contributed by atoms with Gasteiger partial charge >= 0.3 is 0 Å². The molecular formula is C23H30N4O5S. The minimum absolute atomic E-state index is 0.0352. The number of nitrogens with one attached hydrogen (secondary N) is 2. The van der Waals surface area contributed by atoms with Crippen LogP contribution in [0.15, 0.2) is 18.2 Å². The third-order valence-corrected chi connectivity index (χ3v) is 6.47. The molecular weight excluding hydrogens is 444 g/mol. The first kappa shape index (κ1) is 23.4. The minimum atomic E-state index is -0.292. The Morgan fingerprint density at radius 1 is 1.21 bits per heavy atom. The molecule has 0 spiro atoms. The van der Waals surface area contributed by atoms with Gasteiger partial charge in [-0.3, -0.25) is 9.59 Å². The molecule has 1 unspecified atom stereocenters. The number of hydrogen-bond acceptors (Lipinski definition) is 7. The van der Waals surface area contributed by atoms with E-state index in [1.165, 1.54) is 0 Å². The van der Waals surface area contributed by atoms with Gasteiger partial charge in [0.1, 0.15) is 12.4 Å². The predicted octanol–water partition coefficient (Wildman–Crippen LogP) is 2.97. The lowest BCUT2D eigenvalue weighted by Crippen LogP contribution is -2.34. The molecule has 0 bridgehead atoms. The molecule has 33 heavy (non-hydrogen) atoms. The second-order valence-electron chi connectivity index (χ2n) is 7.85. The van der Waals surface area contributed by atoms with Gasteiger partial charge in [-0.05, 0) is 44.9 Å². The summed E-state index contributed by atoms with van der Waals surface area (Å²) in [7, 11) is 0. The molecule has 2 amide bonds. The van der Waals surface area contributed by atoms with Gasteiger partial charge in [0.2, 0.25) is 5.91 Å². The van der Waals surface area contributed by atoms with E-state index in [9.17, 15) is 9.59 Å². The Balaban J connectivity index is 1.48. The van der Waals surface area contributed by atoms with Crippen molar-refractivity contribution in [2.75, 3.05) is 31.7 Å². The summed E-state index contributed by atoms with van der Waals surface area (Å²) in [4.78, 5) is 25.6. The van der Waals surface area contributed by atoms with Gasteiger partial charge in [0, 0.05) is 35.8 Å². The number of carbonyl (C=O) groups excluding carboxylic acids is 2. The number of rotatable bonds is 10. The number of hydrogen-bond donors (Lipinski definition) is 2. The average Bonchev–Trinajstić information content (AvgIpc) is 3.54. The Morgan fingerprint density at radius 3 is 2.79 bits per heavy atom. The average molecular weight is 475 g/mol. The minimum Gasteiger partial charge on any atom is -0.490 e. The molecule has 2 N–H and O–H groups in total. The van der Waals surface area contributed by atoms with Crippen molar-refractivity contribution >= 4 is 29.4 Å². The van der Waals surface area contributed by atoms with Gasteiger partial charge in [-0.2, -0.15) is 16.9 Å². The van der Waals surface area contributed by atoms with E-state index in [1.807, 2.05) is 13.8 Å². The molecule has 0 aliphatic carbocycles. The maximum Gasteiger partial charge on any atom is 0.256 e. The van der Waals surface area contributed by atoms with Gasteiger partial charge in [-0.25, -0.2) is 4.68 Å². The number of benzene rings is 1. The van der Waals surface area contributed by atoms with Gasteiger partial charge in [-0.15, -0.1) is 0 Å². The fourth-order valence-corrected chi connectivity index (χ4v) is 4.95. The Bertz CT molecular complexity index is 1000. The lowest BCUT2D eigenvalue weighted by molar-refractivity contribution is -0.122. The van der Waals surface area contributed by atoms with Gasteiger partial charge in [0.25, 0.3) is 5.91 Å². The largest absolute Gasteiger partial charge is 0.490 e. The van der Waals surface area contributed by atoms with E-state index in [4.69, 9.17) is 14.2 Å². The highest BCUT2D eigenvalue weighted by Crippen LogP contribution is 2.35. The molecule has 4 rings (SSSR count). The summed E-state index contributed by atoms with van der Waals surface area (Å²) in [5.41, 5.74) is 2.32. The number of fused-ring (bicyclic) bond motifs is 1. The molecule has 1 atom stereocenters. The lowest BCUT2D eigenvalue weighted by atomic mass is 10.2. The van der Waals surface area contributed by atoms with Gasteiger partial charge < -0.3 is 24.8 Å². The molecule has 1 saturated heterocycles. The summed E-state index contributed by atoms with van der Waals surface area (Å²) in [6, 6.07) is 5.11.